The minimum Gasteiger partial charge on any atom is -0.493 e. The Bertz CT molecular complexity index is 1390. The van der Waals surface area contributed by atoms with Gasteiger partial charge in [-0.05, 0) is 85.2 Å². The minimum absolute atomic E-state index is 0.107. The van der Waals surface area contributed by atoms with Gasteiger partial charge >= 0.3 is 5.97 Å². The topological polar surface area (TPSA) is 84.6 Å². The quantitative estimate of drug-likeness (QED) is 0.254. The number of nitrogens with one attached hydrogen (secondary N) is 1. The van der Waals surface area contributed by atoms with Gasteiger partial charge in [0.2, 0.25) is 5.89 Å². The van der Waals surface area contributed by atoms with Gasteiger partial charge in [0.15, 0.2) is 0 Å². The molecule has 4 aromatic rings. The smallest absolute Gasteiger partial charge is 0.303 e. The summed E-state index contributed by atoms with van der Waals surface area (Å²) in [5, 5.41) is 12.6. The monoisotopic (exact) mass is 496 g/mol. The molecule has 190 valence electrons. The number of oxazole rings is 1. The highest BCUT2D eigenvalue weighted by Crippen LogP contribution is 2.37. The molecule has 1 atom stereocenters. The number of nitrogens with zero attached hydrogens (tertiary/aromatic N) is 1. The lowest BCUT2D eigenvalue weighted by Crippen LogP contribution is -2.04. The second-order valence-electron chi connectivity index (χ2n) is 9.68. The number of hydrogen-bond acceptors (Lipinski definition) is 5. The Morgan fingerprint density at radius 2 is 1.95 bits per heavy atom. The van der Waals surface area contributed by atoms with Crippen LogP contribution in [0.25, 0.3) is 11.5 Å². The number of carbonyl (C=O) groups is 1. The number of aliphatic carboxylic acids is 1. The van der Waals surface area contributed by atoms with Crippen LogP contribution in [0.3, 0.4) is 0 Å². The predicted octanol–water partition coefficient (Wildman–Crippen LogP) is 6.70. The first-order valence-electron chi connectivity index (χ1n) is 12.8. The molecule has 0 radical (unpaired) electrons. The minimum atomic E-state index is -0.744. The van der Waals surface area contributed by atoms with E-state index in [4.69, 9.17) is 19.2 Å². The van der Waals surface area contributed by atoms with Crippen molar-refractivity contribution in [2.45, 2.75) is 52.0 Å². The summed E-state index contributed by atoms with van der Waals surface area (Å²) in [7, 11) is 0. The van der Waals surface area contributed by atoms with Gasteiger partial charge in [0.25, 0.3) is 0 Å². The maximum atomic E-state index is 11.1. The molecule has 0 fully saturated rings. The Labute approximate surface area is 217 Å². The zero-order chi connectivity index (χ0) is 25.8. The van der Waals surface area contributed by atoms with E-state index >= 15 is 0 Å². The van der Waals surface area contributed by atoms with E-state index in [1.807, 2.05) is 43.3 Å². The second-order valence-corrected chi connectivity index (χ2v) is 9.68. The van der Waals surface area contributed by atoms with Crippen molar-refractivity contribution in [3.05, 3.63) is 100 Å². The summed E-state index contributed by atoms with van der Waals surface area (Å²) in [5.74, 6) is 1.59. The van der Waals surface area contributed by atoms with E-state index in [0.29, 0.717) is 18.9 Å². The van der Waals surface area contributed by atoms with Crippen LogP contribution in [0.5, 0.6) is 5.75 Å². The first-order valence-corrected chi connectivity index (χ1v) is 12.8. The average molecular weight is 497 g/mol. The number of carboxylic acid groups (broad SMARTS) is 1. The molecule has 37 heavy (non-hydrogen) atoms. The SMILES string of the molecule is Cc1cc(-c2nc(CCOc3ccc4c(c3)CC[C@H]4CC(=O)O)c(C)o2)ccc1NCc1ccccc1. The molecule has 1 aromatic heterocycles. The zero-order valence-corrected chi connectivity index (χ0v) is 21.3. The Morgan fingerprint density at radius 3 is 2.73 bits per heavy atom. The van der Waals surface area contributed by atoms with Crippen LogP contribution in [-0.2, 0) is 24.2 Å². The Hall–Kier alpha value is -4.06. The fraction of sp³-hybridized carbons (Fsp3) is 0.290. The number of benzene rings is 3. The molecular formula is C31H32N2O4. The first-order chi connectivity index (χ1) is 18.0. The molecule has 1 aliphatic carbocycles. The molecule has 1 heterocycles. The highest BCUT2D eigenvalue weighted by molar-refractivity contribution is 5.68. The van der Waals surface area contributed by atoms with Crippen LogP contribution >= 0.6 is 0 Å². The molecule has 0 bridgehead atoms. The highest BCUT2D eigenvalue weighted by Gasteiger charge is 2.25. The lowest BCUT2D eigenvalue weighted by atomic mass is 9.98. The van der Waals surface area contributed by atoms with Gasteiger partial charge in [-0.25, -0.2) is 4.98 Å². The molecule has 3 aromatic carbocycles. The molecule has 1 aliphatic rings. The number of ether oxygens (including phenoxy) is 1. The molecule has 5 rings (SSSR count). The van der Waals surface area contributed by atoms with Crippen LogP contribution in [0.15, 0.2) is 71.1 Å². The number of aromatic nitrogens is 1. The van der Waals surface area contributed by atoms with Crippen molar-refractivity contribution in [3.63, 3.8) is 0 Å². The number of anilines is 1. The fourth-order valence-electron chi connectivity index (χ4n) is 5.03. The van der Waals surface area contributed by atoms with Crippen molar-refractivity contribution in [2.24, 2.45) is 0 Å². The van der Waals surface area contributed by atoms with Gasteiger partial charge in [-0.15, -0.1) is 0 Å². The third-order valence-electron chi connectivity index (χ3n) is 7.04. The number of carboxylic acids is 1. The van der Waals surface area contributed by atoms with E-state index in [1.54, 1.807) is 0 Å². The zero-order valence-electron chi connectivity index (χ0n) is 21.3. The van der Waals surface area contributed by atoms with Crippen LogP contribution in [0.4, 0.5) is 5.69 Å². The van der Waals surface area contributed by atoms with E-state index < -0.39 is 5.97 Å². The van der Waals surface area contributed by atoms with Crippen LogP contribution in [0, 0.1) is 13.8 Å². The third kappa shape index (κ3) is 5.85. The van der Waals surface area contributed by atoms with Crippen LogP contribution in [0.1, 0.15) is 52.5 Å². The first kappa shape index (κ1) is 24.6. The van der Waals surface area contributed by atoms with E-state index in [9.17, 15) is 4.79 Å². The van der Waals surface area contributed by atoms with E-state index in [2.05, 4.69) is 42.6 Å². The Morgan fingerprint density at radius 1 is 1.11 bits per heavy atom. The summed E-state index contributed by atoms with van der Waals surface area (Å²) in [6, 6.07) is 22.6. The van der Waals surface area contributed by atoms with Gasteiger partial charge in [0, 0.05) is 24.2 Å². The lowest BCUT2D eigenvalue weighted by molar-refractivity contribution is -0.137. The largest absolute Gasteiger partial charge is 0.493 e. The average Bonchev–Trinajstić information content (AvgIpc) is 3.46. The Balaban J connectivity index is 1.18. The summed E-state index contributed by atoms with van der Waals surface area (Å²) in [5.41, 5.74) is 7.64. The normalized spacial score (nSPS) is 14.4. The van der Waals surface area contributed by atoms with Crippen molar-refractivity contribution in [2.75, 3.05) is 11.9 Å². The number of rotatable bonds is 10. The third-order valence-corrected chi connectivity index (χ3v) is 7.04. The number of hydrogen-bond donors (Lipinski definition) is 2. The van der Waals surface area contributed by atoms with Gasteiger partial charge < -0.3 is 19.6 Å². The summed E-state index contributed by atoms with van der Waals surface area (Å²) in [4.78, 5) is 15.8. The maximum absolute atomic E-state index is 11.1. The lowest BCUT2D eigenvalue weighted by Gasteiger charge is -2.10. The van der Waals surface area contributed by atoms with Crippen molar-refractivity contribution < 1.29 is 19.1 Å². The van der Waals surface area contributed by atoms with Crippen molar-refractivity contribution in [3.8, 4) is 17.2 Å². The molecule has 0 saturated heterocycles. The molecule has 0 saturated carbocycles. The van der Waals surface area contributed by atoms with E-state index in [0.717, 1.165) is 59.0 Å². The van der Waals surface area contributed by atoms with Crippen LogP contribution in [-0.4, -0.2) is 22.7 Å². The van der Waals surface area contributed by atoms with Gasteiger partial charge in [-0.3, -0.25) is 4.79 Å². The molecule has 6 nitrogen and oxygen atoms in total. The summed E-state index contributed by atoms with van der Waals surface area (Å²) in [6.45, 7) is 5.29. The summed E-state index contributed by atoms with van der Waals surface area (Å²) < 4.78 is 12.0. The van der Waals surface area contributed by atoms with Crippen molar-refractivity contribution >= 4 is 11.7 Å². The molecular weight excluding hydrogens is 464 g/mol. The second kappa shape index (κ2) is 10.9. The van der Waals surface area contributed by atoms with Crippen molar-refractivity contribution in [1.29, 1.82) is 0 Å². The predicted molar refractivity (Wildman–Crippen MR) is 144 cm³/mol. The summed E-state index contributed by atoms with van der Waals surface area (Å²) in [6.07, 6.45) is 2.61. The molecule has 0 amide bonds. The molecule has 2 N–H and O–H groups in total. The number of aryl methyl sites for hydroxylation is 3. The molecule has 0 aliphatic heterocycles. The number of fused-ring (bicyclic) bond motifs is 1. The molecule has 0 unspecified atom stereocenters. The fourth-order valence-corrected chi connectivity index (χ4v) is 5.03. The molecule has 6 heteroatoms. The van der Waals surface area contributed by atoms with Gasteiger partial charge in [-0.1, -0.05) is 36.4 Å². The maximum Gasteiger partial charge on any atom is 0.303 e. The van der Waals surface area contributed by atoms with Crippen LogP contribution in [0.2, 0.25) is 0 Å². The van der Waals surface area contributed by atoms with Gasteiger partial charge in [0.05, 0.1) is 18.7 Å². The van der Waals surface area contributed by atoms with Crippen molar-refractivity contribution in [1.82, 2.24) is 4.98 Å². The van der Waals surface area contributed by atoms with Gasteiger partial charge in [-0.2, -0.15) is 0 Å². The highest BCUT2D eigenvalue weighted by atomic mass is 16.5. The molecule has 0 spiro atoms. The van der Waals surface area contributed by atoms with E-state index in [-0.39, 0.29) is 12.3 Å². The van der Waals surface area contributed by atoms with Gasteiger partial charge in [0.1, 0.15) is 11.5 Å². The Kier molecular flexibility index (Phi) is 7.26. The summed E-state index contributed by atoms with van der Waals surface area (Å²) >= 11 is 0. The van der Waals surface area contributed by atoms with Crippen LogP contribution < -0.4 is 10.1 Å². The van der Waals surface area contributed by atoms with E-state index in [1.165, 1.54) is 11.1 Å². The standard InChI is InChI=1S/C31H32N2O4/c1-20-16-25(10-13-28(20)32-19-22-6-4-3-5-7-22)31-33-29(21(2)37-31)14-15-36-26-11-12-27-23(17-26)8-9-24(27)18-30(34)35/h3-7,10-13,16-17,24,32H,8-9,14-15,18-19H2,1-2H3,(H,34,35)/t24-/m0/s1.